The number of carbonyl (C=O) groups is 11. The van der Waals surface area contributed by atoms with Crippen molar-refractivity contribution < 1.29 is 155 Å². The Hall–Kier alpha value is -13.3. The van der Waals surface area contributed by atoms with E-state index in [9.17, 15) is 63.9 Å². The molecule has 6 aromatic carbocycles. The molecule has 4 aliphatic carbocycles. The molecule has 0 saturated heterocycles. The molecule has 4 spiro atoms. The van der Waals surface area contributed by atoms with E-state index in [1.807, 2.05) is 78.9 Å². The van der Waals surface area contributed by atoms with Crippen LogP contribution in [0, 0.1) is 11.8 Å². The largest absolute Gasteiger partial charge is 0.548 e. The van der Waals surface area contributed by atoms with E-state index in [4.69, 9.17) is 86.5 Å². The third-order valence-electron chi connectivity index (χ3n) is 27.9. The fourth-order valence-electron chi connectivity index (χ4n) is 21.1. The number of quaternary nitrogens is 1. The highest BCUT2D eigenvalue weighted by molar-refractivity contribution is 7.59. The highest BCUT2D eigenvalue weighted by atomic mass is 32.1. The van der Waals surface area contributed by atoms with E-state index in [-0.39, 0.29) is 117 Å². The van der Waals surface area contributed by atoms with Gasteiger partial charge in [0.2, 0.25) is 0 Å². The van der Waals surface area contributed by atoms with Crippen LogP contribution in [0.1, 0.15) is 155 Å². The van der Waals surface area contributed by atoms with Crippen molar-refractivity contribution in [1.29, 1.82) is 0 Å². The average Bonchev–Trinajstić information content (AvgIpc) is 1.57. The number of methoxy groups -OCH3 is 4. The first-order chi connectivity index (χ1) is 68.9. The van der Waals surface area contributed by atoms with Crippen LogP contribution in [0.5, 0.6) is 51.7 Å². The highest BCUT2D eigenvalue weighted by Gasteiger charge is 2.59. The zero-order chi connectivity index (χ0) is 105. The van der Waals surface area contributed by atoms with E-state index in [1.165, 1.54) is 56.0 Å². The minimum atomic E-state index is -1.33. The number of nitrogens with one attached hydrogen (secondary N) is 5. The van der Waals surface area contributed by atoms with Crippen molar-refractivity contribution >= 4 is 107 Å². The van der Waals surface area contributed by atoms with Crippen molar-refractivity contribution in [2.45, 2.75) is 234 Å². The summed E-state index contributed by atoms with van der Waals surface area (Å²) in [6.45, 7) is 17.2. The highest BCUT2D eigenvalue weighted by Crippen LogP contribution is 2.61. The van der Waals surface area contributed by atoms with Gasteiger partial charge in [0.05, 0.1) is 75.7 Å². The van der Waals surface area contributed by atoms with Gasteiger partial charge in [0.25, 0.3) is 17.9 Å². The zero-order valence-corrected chi connectivity index (χ0v) is 88.5. The lowest BCUT2D eigenvalue weighted by Gasteiger charge is -2.36. The molecule has 12 aliphatic rings. The second-order valence-corrected chi connectivity index (χ2v) is 38.9. The lowest BCUT2D eigenvalue weighted by Crippen LogP contribution is -3.07. The van der Waals surface area contributed by atoms with Crippen LogP contribution in [0.25, 0.3) is 0 Å². The SMILES string of the molecule is CC(=O)O.CC(=O)O.CC(=O)O.COc1ccc2c3c1O[C@H]1C[C@@H](OC(=O)N[C@@H](Cc4ccc(O)cc4)C(=O)O)C=C[C@@]31CCN(C)C2.COc1ccc2c3c1O[C@H]1C[C@@H](OC(=O)N[C@@H](Cc4ccccc4)C(=O)O)C=C[C@@]31CCN(C)C2.COc1ccc2c3c1O[C@H]1C[C@@H](OC(=O)N[C@H](C(=O)O)C(C)C)C=C[C@@]31CCN(C)C2.COc1ccc2c3c1O[C@H]1C[C@@H](OC(=O)N[C@H](C(=O)[O-])C(C)C)C=C[C@@]31CC[NH+](C)C2.S.S.S. The van der Waals surface area contributed by atoms with Gasteiger partial charge in [-0.05, 0) is 166 Å². The van der Waals surface area contributed by atoms with Crippen LogP contribution < -0.4 is 69.2 Å². The summed E-state index contributed by atoms with van der Waals surface area (Å²) in [6, 6.07) is 27.2. The van der Waals surface area contributed by atoms with Crippen LogP contribution in [-0.2, 0) is 113 Å². The molecule has 0 bridgehead atoms. The number of carboxylic acid groups (broad SMARTS) is 7. The number of hydrogen-bond donors (Lipinski definition) is 12. The average molecular weight is 2120 g/mol. The molecule has 42 heteroatoms. The monoisotopic (exact) mass is 2110 g/mol. The summed E-state index contributed by atoms with van der Waals surface area (Å²) in [4.78, 5) is 131. The molecule has 18 rings (SSSR count). The lowest BCUT2D eigenvalue weighted by atomic mass is 9.69. The molecule has 0 radical (unpaired) electrons. The summed E-state index contributed by atoms with van der Waals surface area (Å²) in [5.41, 5.74) is 9.85. The number of aliphatic carboxylic acids is 7. The normalized spacial score (nSPS) is 24.5. The van der Waals surface area contributed by atoms with E-state index in [1.54, 1.807) is 68.3 Å². The maximum absolute atomic E-state index is 12.7. The van der Waals surface area contributed by atoms with E-state index in [0.717, 1.165) is 133 Å². The molecular formula is C106H138N8O31S3. The molecule has 17 atom stereocenters. The van der Waals surface area contributed by atoms with Gasteiger partial charge in [-0.2, -0.15) is 40.5 Å². The molecule has 4 amide bonds. The van der Waals surface area contributed by atoms with E-state index in [0.29, 0.717) is 54.2 Å². The summed E-state index contributed by atoms with van der Waals surface area (Å²) >= 11 is 0. The number of aromatic hydroxyl groups is 1. The molecule has 1 unspecified atom stereocenters. The number of rotatable bonds is 22. The molecule has 148 heavy (non-hydrogen) atoms. The Morgan fingerprint density at radius 2 is 0.689 bits per heavy atom. The van der Waals surface area contributed by atoms with Crippen molar-refractivity contribution in [3.63, 3.8) is 0 Å². The predicted molar refractivity (Wildman–Crippen MR) is 554 cm³/mol. The van der Waals surface area contributed by atoms with Gasteiger partial charge in [0.1, 0.15) is 79.3 Å². The first-order valence-electron chi connectivity index (χ1n) is 48.2. The summed E-state index contributed by atoms with van der Waals surface area (Å²) in [6.07, 6.45) is 15.8. The number of hydrogen-bond acceptors (Lipinski definition) is 28. The molecule has 8 heterocycles. The number of carbonyl (C=O) groups excluding carboxylic acids is 5. The number of benzene rings is 6. The summed E-state index contributed by atoms with van der Waals surface area (Å²) in [5, 5.41) is 81.2. The molecule has 6 aromatic rings. The Kier molecular flexibility index (Phi) is 41.2. The third kappa shape index (κ3) is 27.6. The van der Waals surface area contributed by atoms with E-state index in [2.05, 4.69) is 113 Å². The topological polar surface area (TPSA) is 525 Å². The van der Waals surface area contributed by atoms with Crippen molar-refractivity contribution in [2.24, 2.45) is 11.8 Å². The number of carboxylic acids is 7. The van der Waals surface area contributed by atoms with Gasteiger partial charge in [0.15, 0.2) is 46.0 Å². The number of amides is 4. The number of nitrogens with zero attached hydrogens (tertiary/aromatic N) is 3. The first kappa shape index (κ1) is 118. The number of phenols is 1. The second-order valence-electron chi connectivity index (χ2n) is 38.9. The maximum Gasteiger partial charge on any atom is 0.408 e. The molecule has 0 fully saturated rings. The zero-order valence-electron chi connectivity index (χ0n) is 85.5. The van der Waals surface area contributed by atoms with Crippen LogP contribution in [0.3, 0.4) is 0 Å². The smallest absolute Gasteiger partial charge is 0.408 e. The fourth-order valence-corrected chi connectivity index (χ4v) is 21.1. The molecule has 806 valence electrons. The van der Waals surface area contributed by atoms with Gasteiger partial charge in [-0.1, -0.05) is 113 Å². The lowest BCUT2D eigenvalue weighted by molar-refractivity contribution is -0.893. The van der Waals surface area contributed by atoms with Gasteiger partial charge in [-0.3, -0.25) is 14.4 Å². The predicted octanol–water partition coefficient (Wildman–Crippen LogP) is 9.51. The maximum atomic E-state index is 12.7. The van der Waals surface area contributed by atoms with Crippen LogP contribution in [0.4, 0.5) is 19.2 Å². The van der Waals surface area contributed by atoms with E-state index < -0.39 is 115 Å². The number of alkyl carbamates (subject to hydrolysis) is 4. The summed E-state index contributed by atoms with van der Waals surface area (Å²) < 4.78 is 70.4. The van der Waals surface area contributed by atoms with Gasteiger partial charge in [-0.15, -0.1) is 0 Å². The first-order valence-corrected chi connectivity index (χ1v) is 48.2. The van der Waals surface area contributed by atoms with Crippen LogP contribution >= 0.6 is 40.5 Å². The second kappa shape index (κ2) is 51.6. The van der Waals surface area contributed by atoms with Gasteiger partial charge >= 0.3 is 42.3 Å². The third-order valence-corrected chi connectivity index (χ3v) is 27.9. The Morgan fingerprint density at radius 3 is 0.980 bits per heavy atom. The summed E-state index contributed by atoms with van der Waals surface area (Å²) in [5.74, 6) is -1.77. The molecule has 12 N–H and O–H groups in total. The minimum absolute atomic E-state index is 0. The van der Waals surface area contributed by atoms with Crippen molar-refractivity contribution in [3.8, 4) is 51.7 Å². The van der Waals surface area contributed by atoms with Crippen molar-refractivity contribution in [3.05, 3.63) is 207 Å². The van der Waals surface area contributed by atoms with Crippen LogP contribution in [0.2, 0.25) is 0 Å². The number of ether oxygens (including phenoxy) is 12. The van der Waals surface area contributed by atoms with Crippen LogP contribution in [0.15, 0.2) is 152 Å². The fraction of sp³-hybridized carbons (Fsp3) is 0.481. The van der Waals surface area contributed by atoms with Gasteiger partial charge in [0, 0.05) is 113 Å². The van der Waals surface area contributed by atoms with Crippen LogP contribution in [-0.4, -0.2) is 272 Å². The molecule has 39 nitrogen and oxygen atoms in total. The van der Waals surface area contributed by atoms with Crippen molar-refractivity contribution in [1.82, 2.24) is 36.0 Å². The molecule has 0 aromatic heterocycles. The summed E-state index contributed by atoms with van der Waals surface area (Å²) in [7, 11) is 15.1. The minimum Gasteiger partial charge on any atom is -0.548 e. The Labute approximate surface area is 880 Å². The molecular weight excluding hydrogens is 1980 g/mol. The molecule has 0 saturated carbocycles. The molecule has 8 aliphatic heterocycles. The van der Waals surface area contributed by atoms with Crippen molar-refractivity contribution in [2.75, 3.05) is 82.8 Å². The van der Waals surface area contributed by atoms with Gasteiger partial charge < -0.3 is 143 Å². The van der Waals surface area contributed by atoms with E-state index >= 15 is 0 Å². The Bertz CT molecular complexity index is 5680. The van der Waals surface area contributed by atoms with Gasteiger partial charge in [-0.25, -0.2) is 33.6 Å². The Balaban J connectivity index is 0.000000210. The standard InChI is InChI=1S/C27H30N2O7.C27H30N2O6.2C23H30N2O6.3C2H4O2.3H2S/c1-29-12-11-27-10-9-19(14-22(27)36-24-21(34-2)8-5-17(15-29)23(24)27)35-26(33)28-20(25(31)32)13-16-3-6-18(30)7-4-16;1-29-13-12-27-11-10-19(15-22(27)35-24-21(33-2)9-8-18(16-29)23(24)27)34-26(32)28-20(25(30)31)14-17-6-4-3-5-7-17;2*1-13(2)19(21(26)27)24-22(28)30-15-7-8-23-9-10-25(3)12-14-5-6-16(29-4)20(18(14)23)31-17(23)11-15;3*1-2(3)4;;;/h3-10,19-20,22,30H,11-15H2,1-2H3,(H,28,33)(H,31,32);3-11,19-20,22H,12-16H2,1-2H3,(H,28,32)(H,30,31);2*5-8,13,15,17,19H,9-12H2,1-4H3,(H,24,28)(H,26,27);3*1H3,(H,3,4);3*1H2/t2*19-,20-,22-,27-;2*15-,17-,19-,23-;;;;;;/m0000....../s1. The quantitative estimate of drug-likeness (QED) is 0.0222. The number of phenolic OH excluding ortho intramolecular Hbond substituents is 1. The Morgan fingerprint density at radius 1 is 0.405 bits per heavy atom.